The number of unbranched alkanes of at least 4 members (excludes halogenated alkanes) is 1. The highest BCUT2D eigenvalue weighted by Gasteiger charge is 2.03. The normalized spacial score (nSPS) is 11.6. The lowest BCUT2D eigenvalue weighted by Crippen LogP contribution is -2.06. The molecule has 0 aromatic heterocycles. The van der Waals surface area contributed by atoms with Crippen molar-refractivity contribution in [3.8, 4) is 11.1 Å². The molecule has 2 rings (SSSR count). The van der Waals surface area contributed by atoms with Crippen LogP contribution in [-0.2, 0) is 9.47 Å². The summed E-state index contributed by atoms with van der Waals surface area (Å²) < 4.78 is 11.1. The Labute approximate surface area is 169 Å². The first-order valence-electron chi connectivity index (χ1n) is 10.1. The van der Waals surface area contributed by atoms with Crippen LogP contribution in [0.4, 0.5) is 0 Å². The summed E-state index contributed by atoms with van der Waals surface area (Å²) in [4.78, 5) is 8.68. The molecule has 28 heavy (non-hydrogen) atoms. The van der Waals surface area contributed by atoms with Crippen molar-refractivity contribution >= 4 is 12.4 Å². The second-order valence-electron chi connectivity index (χ2n) is 6.57. The first-order valence-corrected chi connectivity index (χ1v) is 10.1. The molecule has 0 heterocycles. The topological polar surface area (TPSA) is 43.2 Å². The van der Waals surface area contributed by atoms with Crippen LogP contribution in [0, 0.1) is 0 Å². The molecule has 0 radical (unpaired) electrons. The van der Waals surface area contributed by atoms with Crippen LogP contribution in [0.3, 0.4) is 0 Å². The average molecular weight is 381 g/mol. The third-order valence-electron chi connectivity index (χ3n) is 4.26. The van der Waals surface area contributed by atoms with Gasteiger partial charge >= 0.3 is 0 Å². The first-order chi connectivity index (χ1) is 13.8. The second kappa shape index (κ2) is 13.8. The van der Waals surface area contributed by atoms with Gasteiger partial charge in [0.1, 0.15) is 0 Å². The fourth-order valence-corrected chi connectivity index (χ4v) is 2.80. The fourth-order valence-electron chi connectivity index (χ4n) is 2.80. The van der Waals surface area contributed by atoms with E-state index >= 15 is 0 Å². The molecule has 0 aliphatic carbocycles. The third-order valence-corrected chi connectivity index (χ3v) is 4.26. The fraction of sp³-hybridized carbons (Fsp3) is 0.417. The van der Waals surface area contributed by atoms with Crippen molar-refractivity contribution < 1.29 is 9.47 Å². The van der Waals surface area contributed by atoms with Crippen molar-refractivity contribution in [1.29, 1.82) is 0 Å². The molecule has 0 saturated heterocycles. The molecular weight excluding hydrogens is 348 g/mol. The van der Waals surface area contributed by atoms with E-state index in [0.29, 0.717) is 19.8 Å². The van der Waals surface area contributed by atoms with Gasteiger partial charge in [-0.25, -0.2) is 0 Å². The van der Waals surface area contributed by atoms with Crippen LogP contribution in [0.25, 0.3) is 11.1 Å². The summed E-state index contributed by atoms with van der Waals surface area (Å²) in [5.74, 6) is 0. The minimum atomic E-state index is 0.660. The van der Waals surface area contributed by atoms with Gasteiger partial charge in [-0.2, -0.15) is 0 Å². The van der Waals surface area contributed by atoms with Crippen molar-refractivity contribution in [3.05, 3.63) is 59.7 Å². The second-order valence-corrected chi connectivity index (χ2v) is 6.57. The molecule has 4 nitrogen and oxygen atoms in total. The van der Waals surface area contributed by atoms with Crippen LogP contribution in [-0.4, -0.2) is 52.4 Å². The number of ether oxygens (including phenoxy) is 2. The molecule has 0 amide bonds. The van der Waals surface area contributed by atoms with Crippen LogP contribution in [0.15, 0.2) is 58.5 Å². The highest BCUT2D eigenvalue weighted by molar-refractivity contribution is 5.91. The Hall–Kier alpha value is -2.30. The Morgan fingerprint density at radius 3 is 2.43 bits per heavy atom. The van der Waals surface area contributed by atoms with E-state index in [0.717, 1.165) is 37.1 Å². The zero-order valence-electron chi connectivity index (χ0n) is 17.1. The van der Waals surface area contributed by atoms with Crippen LogP contribution >= 0.6 is 0 Å². The summed E-state index contributed by atoms with van der Waals surface area (Å²) in [5.41, 5.74) is 4.57. The summed E-state index contributed by atoms with van der Waals surface area (Å²) in [6, 6.07) is 16.7. The van der Waals surface area contributed by atoms with E-state index in [1.54, 1.807) is 7.05 Å². The van der Waals surface area contributed by atoms with Crippen LogP contribution in [0.1, 0.15) is 37.3 Å². The molecule has 0 atom stereocenters. The molecular formula is C24H32N2O2. The Kier molecular flexibility index (Phi) is 10.8. The van der Waals surface area contributed by atoms with E-state index in [1.165, 1.54) is 17.5 Å². The summed E-state index contributed by atoms with van der Waals surface area (Å²) in [7, 11) is 1.79. The minimum absolute atomic E-state index is 0.660. The zero-order chi connectivity index (χ0) is 19.9. The predicted octanol–water partition coefficient (Wildman–Crippen LogP) is 5.04. The average Bonchev–Trinajstić information content (AvgIpc) is 2.73. The molecule has 0 bridgehead atoms. The number of aliphatic imine (C=N–C) groups is 2. The third kappa shape index (κ3) is 8.15. The van der Waals surface area contributed by atoms with Crippen molar-refractivity contribution in [1.82, 2.24) is 0 Å². The molecule has 0 saturated carbocycles. The van der Waals surface area contributed by atoms with Gasteiger partial charge in [-0.3, -0.25) is 9.98 Å². The smallest absolute Gasteiger partial charge is 0.0700 e. The molecule has 0 spiro atoms. The van der Waals surface area contributed by atoms with Gasteiger partial charge in [0.25, 0.3) is 0 Å². The Morgan fingerprint density at radius 2 is 1.64 bits per heavy atom. The van der Waals surface area contributed by atoms with E-state index in [1.807, 2.05) is 18.5 Å². The Balaban J connectivity index is 1.79. The molecule has 2 aromatic rings. The molecule has 0 aliphatic heterocycles. The lowest BCUT2D eigenvalue weighted by atomic mass is 9.99. The molecule has 0 N–H and O–H groups in total. The maximum Gasteiger partial charge on any atom is 0.0700 e. The lowest BCUT2D eigenvalue weighted by Gasteiger charge is -2.07. The van der Waals surface area contributed by atoms with Crippen molar-refractivity contribution in [2.45, 2.75) is 26.2 Å². The van der Waals surface area contributed by atoms with Gasteiger partial charge < -0.3 is 9.47 Å². The summed E-state index contributed by atoms with van der Waals surface area (Å²) in [5, 5.41) is 0. The molecule has 2 aromatic carbocycles. The SMILES string of the molecule is CCCCOCCOCCCN=Cc1ccccc1-c1cccc(C=NC)c1. The number of hydrogen-bond donors (Lipinski definition) is 0. The van der Waals surface area contributed by atoms with Gasteiger partial charge in [0.05, 0.1) is 13.2 Å². The number of rotatable bonds is 13. The number of hydrogen-bond acceptors (Lipinski definition) is 4. The van der Waals surface area contributed by atoms with Gasteiger partial charge in [-0.05, 0) is 35.6 Å². The highest BCUT2D eigenvalue weighted by atomic mass is 16.5. The summed E-state index contributed by atoms with van der Waals surface area (Å²) >= 11 is 0. The molecule has 0 fully saturated rings. The standard InChI is InChI=1S/C24H32N2O2/c1-3-4-14-27-16-17-28-15-8-13-26-20-23-10-5-6-12-24(23)22-11-7-9-21(18-22)19-25-2/h5-7,9-12,18-20H,3-4,8,13-17H2,1-2H3. The quantitative estimate of drug-likeness (QED) is 0.361. The maximum absolute atomic E-state index is 5.58. The molecule has 150 valence electrons. The lowest BCUT2D eigenvalue weighted by molar-refractivity contribution is 0.0465. The molecule has 0 unspecified atom stereocenters. The van der Waals surface area contributed by atoms with Crippen LogP contribution < -0.4 is 0 Å². The van der Waals surface area contributed by atoms with E-state index in [2.05, 4.69) is 59.4 Å². The summed E-state index contributed by atoms with van der Waals surface area (Å²) in [6.07, 6.45) is 7.03. The Bertz CT molecular complexity index is 741. The van der Waals surface area contributed by atoms with Gasteiger partial charge in [0, 0.05) is 44.8 Å². The number of benzene rings is 2. The predicted molar refractivity (Wildman–Crippen MR) is 119 cm³/mol. The van der Waals surface area contributed by atoms with E-state index in [9.17, 15) is 0 Å². The van der Waals surface area contributed by atoms with Crippen molar-refractivity contribution in [2.75, 3.05) is 40.0 Å². The monoisotopic (exact) mass is 380 g/mol. The largest absolute Gasteiger partial charge is 0.379 e. The van der Waals surface area contributed by atoms with Crippen LogP contribution in [0.5, 0.6) is 0 Å². The summed E-state index contributed by atoms with van der Waals surface area (Å²) in [6.45, 7) is 5.81. The molecule has 4 heteroatoms. The van der Waals surface area contributed by atoms with Crippen molar-refractivity contribution in [2.24, 2.45) is 9.98 Å². The highest BCUT2D eigenvalue weighted by Crippen LogP contribution is 2.23. The van der Waals surface area contributed by atoms with Crippen LogP contribution in [0.2, 0.25) is 0 Å². The van der Waals surface area contributed by atoms with Gasteiger partial charge in [0.2, 0.25) is 0 Å². The zero-order valence-corrected chi connectivity index (χ0v) is 17.1. The van der Waals surface area contributed by atoms with E-state index < -0.39 is 0 Å². The van der Waals surface area contributed by atoms with Gasteiger partial charge in [-0.15, -0.1) is 0 Å². The number of nitrogens with zero attached hydrogens (tertiary/aromatic N) is 2. The maximum atomic E-state index is 5.58. The van der Waals surface area contributed by atoms with Crippen molar-refractivity contribution in [3.63, 3.8) is 0 Å². The Morgan fingerprint density at radius 1 is 0.857 bits per heavy atom. The first kappa shape index (κ1) is 22.0. The van der Waals surface area contributed by atoms with Gasteiger partial charge in [-0.1, -0.05) is 55.8 Å². The van der Waals surface area contributed by atoms with E-state index in [-0.39, 0.29) is 0 Å². The van der Waals surface area contributed by atoms with Gasteiger partial charge in [0.15, 0.2) is 0 Å². The minimum Gasteiger partial charge on any atom is -0.379 e. The van der Waals surface area contributed by atoms with E-state index in [4.69, 9.17) is 9.47 Å². The molecule has 0 aliphatic rings.